The average Bonchev–Trinajstić information content (AvgIpc) is 2.58. The molecule has 1 N–H and O–H groups in total. The summed E-state index contributed by atoms with van der Waals surface area (Å²) in [5.74, 6) is 1.64. The third-order valence-electron chi connectivity index (χ3n) is 2.86. The normalized spacial score (nSPS) is 14.3. The van der Waals surface area contributed by atoms with Crippen LogP contribution in [0.5, 0.6) is 11.5 Å². The molecule has 1 aromatic carbocycles. The van der Waals surface area contributed by atoms with Crippen molar-refractivity contribution in [1.82, 2.24) is 4.98 Å². The Balaban J connectivity index is 2.06. The molecule has 0 bridgehead atoms. The summed E-state index contributed by atoms with van der Waals surface area (Å²) in [6.07, 6.45) is 0.921. The zero-order chi connectivity index (χ0) is 12.5. The lowest BCUT2D eigenvalue weighted by atomic mass is 10.1. The van der Waals surface area contributed by atoms with E-state index in [2.05, 4.69) is 11.9 Å². The van der Waals surface area contributed by atoms with Crippen LogP contribution in [0, 0.1) is 10.9 Å². The molecule has 0 amide bonds. The van der Waals surface area contributed by atoms with Crippen LogP contribution < -0.4 is 9.47 Å². The molecule has 18 heavy (non-hydrogen) atoms. The predicted octanol–water partition coefficient (Wildman–Crippen LogP) is 3.94. The maximum absolute atomic E-state index is 5.70. The van der Waals surface area contributed by atoms with Crippen molar-refractivity contribution in [1.29, 1.82) is 0 Å². The number of benzene rings is 1. The first-order valence-corrected chi connectivity index (χ1v) is 7.06. The van der Waals surface area contributed by atoms with Crippen LogP contribution in [0.2, 0.25) is 0 Å². The Morgan fingerprint density at radius 3 is 2.72 bits per heavy atom. The van der Waals surface area contributed by atoms with Gasteiger partial charge in [-0.2, -0.15) is 0 Å². The summed E-state index contributed by atoms with van der Waals surface area (Å²) < 4.78 is 12.1. The molecule has 0 aliphatic carbocycles. The maximum atomic E-state index is 5.70. The van der Waals surface area contributed by atoms with E-state index in [-0.39, 0.29) is 0 Å². The first-order chi connectivity index (χ1) is 8.74. The van der Waals surface area contributed by atoms with E-state index in [0.717, 1.165) is 33.1 Å². The van der Waals surface area contributed by atoms with Crippen molar-refractivity contribution < 1.29 is 9.47 Å². The summed E-state index contributed by atoms with van der Waals surface area (Å²) in [4.78, 5) is 4.41. The van der Waals surface area contributed by atoms with Gasteiger partial charge < -0.3 is 14.5 Å². The van der Waals surface area contributed by atoms with Gasteiger partial charge in [0.15, 0.2) is 15.5 Å². The Bertz CT molecular complexity index is 630. The lowest BCUT2D eigenvalue weighted by Gasteiger charge is -2.08. The number of fused-ring (bicyclic) bond motifs is 1. The van der Waals surface area contributed by atoms with Gasteiger partial charge in [0.1, 0.15) is 0 Å². The second-order valence-corrected chi connectivity index (χ2v) is 6.05. The molecule has 94 valence electrons. The van der Waals surface area contributed by atoms with Gasteiger partial charge in [-0.25, -0.2) is 0 Å². The molecule has 1 aliphatic rings. The summed E-state index contributed by atoms with van der Waals surface area (Å²) in [6, 6.07) is 6.01. The zero-order valence-electron chi connectivity index (χ0n) is 9.99. The number of rotatable bonds is 1. The molecular weight excluding hydrogens is 266 g/mol. The Labute approximate surface area is 114 Å². The van der Waals surface area contributed by atoms with Gasteiger partial charge in [-0.1, -0.05) is 0 Å². The highest BCUT2D eigenvalue weighted by atomic mass is 32.1. The summed E-state index contributed by atoms with van der Waals surface area (Å²) in [5.41, 5.74) is 2.16. The second kappa shape index (κ2) is 4.74. The molecule has 1 aromatic heterocycles. The quantitative estimate of drug-likeness (QED) is 0.803. The van der Waals surface area contributed by atoms with E-state index in [1.165, 1.54) is 4.88 Å². The molecule has 0 spiro atoms. The largest absolute Gasteiger partial charge is 0.490 e. The first-order valence-electron chi connectivity index (χ1n) is 5.84. The number of thiazole rings is 1. The van der Waals surface area contributed by atoms with E-state index in [9.17, 15) is 0 Å². The summed E-state index contributed by atoms with van der Waals surface area (Å²) in [5, 5.41) is 0. The van der Waals surface area contributed by atoms with Gasteiger partial charge in [-0.05, 0) is 37.3 Å². The number of nitrogens with one attached hydrogen (secondary N) is 1. The fourth-order valence-electron chi connectivity index (χ4n) is 2.00. The molecular formula is C13H13NO2S2. The van der Waals surface area contributed by atoms with Crippen LogP contribution in [0.1, 0.15) is 11.3 Å². The minimum absolute atomic E-state index is 0.703. The van der Waals surface area contributed by atoms with Crippen molar-refractivity contribution in [2.75, 3.05) is 13.2 Å². The lowest BCUT2D eigenvalue weighted by Crippen LogP contribution is -1.97. The topological polar surface area (TPSA) is 34.2 Å². The van der Waals surface area contributed by atoms with Gasteiger partial charge in [0.05, 0.1) is 18.9 Å². The molecule has 5 heteroatoms. The number of ether oxygens (including phenoxy) is 2. The van der Waals surface area contributed by atoms with Crippen molar-refractivity contribution in [3.63, 3.8) is 0 Å². The molecule has 3 nitrogen and oxygen atoms in total. The lowest BCUT2D eigenvalue weighted by molar-refractivity contribution is 0.297. The molecule has 0 radical (unpaired) electrons. The smallest absolute Gasteiger partial charge is 0.161 e. The van der Waals surface area contributed by atoms with Crippen LogP contribution in [0.3, 0.4) is 0 Å². The molecule has 0 unspecified atom stereocenters. The van der Waals surface area contributed by atoms with Gasteiger partial charge in [0.2, 0.25) is 0 Å². The number of aromatic amines is 1. The summed E-state index contributed by atoms with van der Waals surface area (Å²) in [7, 11) is 0. The molecule has 1 aliphatic heterocycles. The Kier molecular flexibility index (Phi) is 3.09. The average molecular weight is 279 g/mol. The fraction of sp³-hybridized carbons (Fsp3) is 0.308. The maximum Gasteiger partial charge on any atom is 0.161 e. The molecule has 2 heterocycles. The van der Waals surface area contributed by atoms with Crippen LogP contribution in [0.15, 0.2) is 18.2 Å². The highest BCUT2D eigenvalue weighted by molar-refractivity contribution is 7.73. The number of aromatic nitrogens is 1. The van der Waals surface area contributed by atoms with Crippen LogP contribution >= 0.6 is 23.6 Å². The van der Waals surface area contributed by atoms with E-state index >= 15 is 0 Å². The standard InChI is InChI=1S/C13H13NO2S2/c1-8-12(14-13(17)18-8)9-3-4-10-11(7-9)16-6-2-5-15-10/h3-4,7H,2,5-6H2,1H3,(H,14,17). The van der Waals surface area contributed by atoms with Gasteiger partial charge in [-0.15, -0.1) is 11.3 Å². The van der Waals surface area contributed by atoms with Crippen LogP contribution in [-0.2, 0) is 0 Å². The predicted molar refractivity (Wildman–Crippen MR) is 75.3 cm³/mol. The minimum atomic E-state index is 0.703. The van der Waals surface area contributed by atoms with Gasteiger partial charge in [0, 0.05) is 16.9 Å². The second-order valence-electron chi connectivity index (χ2n) is 4.16. The molecule has 0 saturated carbocycles. The number of hydrogen-bond donors (Lipinski definition) is 1. The van der Waals surface area contributed by atoms with E-state index in [1.807, 2.05) is 18.2 Å². The Morgan fingerprint density at radius 2 is 2.00 bits per heavy atom. The molecule has 0 atom stereocenters. The Morgan fingerprint density at radius 1 is 1.22 bits per heavy atom. The van der Waals surface area contributed by atoms with Crippen molar-refractivity contribution in [2.45, 2.75) is 13.3 Å². The van der Waals surface area contributed by atoms with Crippen molar-refractivity contribution >= 4 is 23.6 Å². The third-order valence-corrected chi connectivity index (χ3v) is 4.01. The van der Waals surface area contributed by atoms with E-state index in [0.29, 0.717) is 13.2 Å². The SMILES string of the molecule is Cc1sc(=S)[nH]c1-c1ccc2c(c1)OCCCO2. The van der Waals surface area contributed by atoms with Gasteiger partial charge >= 0.3 is 0 Å². The third kappa shape index (κ3) is 2.15. The van der Waals surface area contributed by atoms with E-state index < -0.39 is 0 Å². The van der Waals surface area contributed by atoms with Crippen LogP contribution in [0.25, 0.3) is 11.3 Å². The Hall–Kier alpha value is -1.33. The van der Waals surface area contributed by atoms with E-state index in [1.54, 1.807) is 11.3 Å². The van der Waals surface area contributed by atoms with E-state index in [4.69, 9.17) is 21.7 Å². The fourth-order valence-corrected chi connectivity index (χ4v) is 3.18. The van der Waals surface area contributed by atoms with Gasteiger partial charge in [0.25, 0.3) is 0 Å². The number of H-pyrrole nitrogens is 1. The zero-order valence-corrected chi connectivity index (χ0v) is 11.6. The first kappa shape index (κ1) is 11.7. The highest BCUT2D eigenvalue weighted by Crippen LogP contribution is 2.35. The number of hydrogen-bond acceptors (Lipinski definition) is 4. The van der Waals surface area contributed by atoms with Crippen molar-refractivity contribution in [2.24, 2.45) is 0 Å². The van der Waals surface area contributed by atoms with Crippen LogP contribution in [-0.4, -0.2) is 18.2 Å². The van der Waals surface area contributed by atoms with Crippen molar-refractivity contribution in [3.05, 3.63) is 27.0 Å². The van der Waals surface area contributed by atoms with Gasteiger partial charge in [-0.3, -0.25) is 0 Å². The monoisotopic (exact) mass is 279 g/mol. The summed E-state index contributed by atoms with van der Waals surface area (Å²) >= 11 is 6.76. The molecule has 2 aromatic rings. The summed E-state index contributed by atoms with van der Waals surface area (Å²) in [6.45, 7) is 3.48. The number of aryl methyl sites for hydroxylation is 1. The highest BCUT2D eigenvalue weighted by Gasteiger charge is 2.13. The minimum Gasteiger partial charge on any atom is -0.490 e. The van der Waals surface area contributed by atoms with Crippen molar-refractivity contribution in [3.8, 4) is 22.8 Å². The molecule has 0 fully saturated rings. The van der Waals surface area contributed by atoms with Crippen LogP contribution in [0.4, 0.5) is 0 Å². The molecule has 0 saturated heterocycles. The molecule has 3 rings (SSSR count).